The van der Waals surface area contributed by atoms with Gasteiger partial charge in [-0.2, -0.15) is 4.31 Å². The van der Waals surface area contributed by atoms with E-state index in [1.54, 1.807) is 10.4 Å². The fourth-order valence-electron chi connectivity index (χ4n) is 1.99. The van der Waals surface area contributed by atoms with Crippen LogP contribution >= 0.6 is 0 Å². The quantitative estimate of drug-likeness (QED) is 0.580. The second-order valence-electron chi connectivity index (χ2n) is 4.80. The van der Waals surface area contributed by atoms with E-state index in [-0.39, 0.29) is 10.7 Å². The minimum absolute atomic E-state index is 0.145. The first kappa shape index (κ1) is 14.2. The molecule has 106 valence electrons. The van der Waals surface area contributed by atoms with E-state index in [2.05, 4.69) is 10.4 Å². The normalized spacial score (nSPS) is 15.7. The predicted octanol–water partition coefficient (Wildman–Crippen LogP) is 1.18. The van der Waals surface area contributed by atoms with Gasteiger partial charge in [0.1, 0.15) is 4.90 Å². The molecule has 0 saturated heterocycles. The molecule has 1 saturated carbocycles. The van der Waals surface area contributed by atoms with Gasteiger partial charge in [0.2, 0.25) is 10.0 Å². The molecule has 6 nitrogen and oxygen atoms in total. The first-order chi connectivity index (χ1) is 9.09. The lowest BCUT2D eigenvalue weighted by Crippen LogP contribution is -2.34. The molecule has 3 N–H and O–H groups in total. The number of hydrogen-bond donors (Lipinski definition) is 2. The van der Waals surface area contributed by atoms with Crippen molar-refractivity contribution in [2.24, 2.45) is 11.8 Å². The number of rotatable bonds is 7. The first-order valence-corrected chi connectivity index (χ1v) is 7.95. The van der Waals surface area contributed by atoms with Crippen molar-refractivity contribution in [2.75, 3.05) is 18.5 Å². The molecule has 1 fully saturated rings. The van der Waals surface area contributed by atoms with Crippen molar-refractivity contribution in [3.8, 4) is 0 Å². The van der Waals surface area contributed by atoms with Crippen molar-refractivity contribution in [1.82, 2.24) is 9.29 Å². The lowest BCUT2D eigenvalue weighted by Gasteiger charge is -2.22. The second kappa shape index (κ2) is 5.85. The van der Waals surface area contributed by atoms with Gasteiger partial charge in [-0.1, -0.05) is 6.92 Å². The summed E-state index contributed by atoms with van der Waals surface area (Å²) in [5.74, 6) is 6.04. The van der Waals surface area contributed by atoms with Crippen LogP contribution in [0.1, 0.15) is 26.2 Å². The van der Waals surface area contributed by atoms with Crippen LogP contribution in [0.4, 0.5) is 5.82 Å². The molecular formula is C12H20N4O2S. The van der Waals surface area contributed by atoms with Crippen LogP contribution in [-0.4, -0.2) is 30.8 Å². The Morgan fingerprint density at radius 3 is 2.84 bits per heavy atom. The molecule has 0 unspecified atom stereocenters. The van der Waals surface area contributed by atoms with Crippen molar-refractivity contribution < 1.29 is 8.42 Å². The Balaban J connectivity index is 2.31. The molecule has 1 aromatic heterocycles. The van der Waals surface area contributed by atoms with Gasteiger partial charge < -0.3 is 5.43 Å². The number of anilines is 1. The summed E-state index contributed by atoms with van der Waals surface area (Å²) in [5, 5.41) is 0. The fourth-order valence-corrected chi connectivity index (χ4v) is 3.71. The van der Waals surface area contributed by atoms with E-state index >= 15 is 0 Å². The van der Waals surface area contributed by atoms with Crippen LogP contribution in [0.5, 0.6) is 0 Å². The molecule has 2 rings (SSSR count). The van der Waals surface area contributed by atoms with Crippen molar-refractivity contribution in [3.05, 3.63) is 18.3 Å². The Morgan fingerprint density at radius 1 is 1.53 bits per heavy atom. The smallest absolute Gasteiger partial charge is 0.246 e. The van der Waals surface area contributed by atoms with E-state index in [1.165, 1.54) is 12.3 Å². The Bertz CT molecular complexity index is 528. The largest absolute Gasteiger partial charge is 0.307 e. The average Bonchev–Trinajstić information content (AvgIpc) is 3.22. The molecule has 1 aliphatic carbocycles. The van der Waals surface area contributed by atoms with Gasteiger partial charge >= 0.3 is 0 Å². The van der Waals surface area contributed by atoms with Gasteiger partial charge in [-0.3, -0.25) is 0 Å². The summed E-state index contributed by atoms with van der Waals surface area (Å²) in [7, 11) is -3.53. The number of hydrogen-bond acceptors (Lipinski definition) is 5. The molecule has 0 radical (unpaired) electrons. The number of nitrogen functional groups attached to an aromatic ring is 1. The number of sulfonamides is 1. The summed E-state index contributed by atoms with van der Waals surface area (Å²) in [6, 6.07) is 3.14. The van der Waals surface area contributed by atoms with E-state index in [0.717, 1.165) is 19.3 Å². The highest BCUT2D eigenvalue weighted by Crippen LogP contribution is 2.32. The standard InChI is InChI=1S/C12H20N4O2S/c1-2-8-16(9-10-5-6-10)19(17,18)11-4-3-7-14-12(11)15-13/h3-4,7,10H,2,5-6,8-9,13H2,1H3,(H,14,15). The Hall–Kier alpha value is -1.18. The van der Waals surface area contributed by atoms with E-state index in [1.807, 2.05) is 6.92 Å². The highest BCUT2D eigenvalue weighted by molar-refractivity contribution is 7.89. The maximum Gasteiger partial charge on any atom is 0.246 e. The van der Waals surface area contributed by atoms with E-state index in [9.17, 15) is 8.42 Å². The SMILES string of the molecule is CCCN(CC1CC1)S(=O)(=O)c1cccnc1NN. The zero-order valence-corrected chi connectivity index (χ0v) is 11.9. The Labute approximate surface area is 114 Å². The van der Waals surface area contributed by atoms with Crippen molar-refractivity contribution in [3.63, 3.8) is 0 Å². The highest BCUT2D eigenvalue weighted by Gasteiger charge is 2.32. The summed E-state index contributed by atoms with van der Waals surface area (Å²) < 4.78 is 26.9. The van der Waals surface area contributed by atoms with Gasteiger partial charge in [-0.15, -0.1) is 0 Å². The molecule has 7 heteroatoms. The number of aromatic nitrogens is 1. The zero-order valence-electron chi connectivity index (χ0n) is 11.0. The van der Waals surface area contributed by atoms with Gasteiger partial charge in [0.25, 0.3) is 0 Å². The lowest BCUT2D eigenvalue weighted by atomic mass is 10.4. The fraction of sp³-hybridized carbons (Fsp3) is 0.583. The van der Waals surface area contributed by atoms with Crippen molar-refractivity contribution in [1.29, 1.82) is 0 Å². The molecule has 0 spiro atoms. The number of pyridine rings is 1. The number of nitrogens with zero attached hydrogens (tertiary/aromatic N) is 2. The maximum atomic E-state index is 12.7. The third-order valence-electron chi connectivity index (χ3n) is 3.16. The Morgan fingerprint density at radius 2 is 2.26 bits per heavy atom. The summed E-state index contributed by atoms with van der Waals surface area (Å²) in [6.07, 6.45) is 4.53. The van der Waals surface area contributed by atoms with Crippen LogP contribution < -0.4 is 11.3 Å². The summed E-state index contributed by atoms with van der Waals surface area (Å²) >= 11 is 0. The maximum absolute atomic E-state index is 12.7. The van der Waals surface area contributed by atoms with Crippen molar-refractivity contribution in [2.45, 2.75) is 31.1 Å². The molecule has 19 heavy (non-hydrogen) atoms. The van der Waals surface area contributed by atoms with Crippen LogP contribution in [0.3, 0.4) is 0 Å². The number of nitrogens with one attached hydrogen (secondary N) is 1. The number of nitrogens with two attached hydrogens (primary N) is 1. The van der Waals surface area contributed by atoms with Crippen LogP contribution in [-0.2, 0) is 10.0 Å². The van der Waals surface area contributed by atoms with Crippen LogP contribution in [0.15, 0.2) is 23.2 Å². The van der Waals surface area contributed by atoms with Gasteiger partial charge in [0.05, 0.1) is 0 Å². The molecule has 0 aliphatic heterocycles. The van der Waals surface area contributed by atoms with Gasteiger partial charge in [-0.05, 0) is 37.3 Å². The van der Waals surface area contributed by atoms with Crippen molar-refractivity contribution >= 4 is 15.8 Å². The Kier molecular flexibility index (Phi) is 4.38. The molecule has 0 amide bonds. The molecule has 0 bridgehead atoms. The van der Waals surface area contributed by atoms with Crippen LogP contribution in [0, 0.1) is 5.92 Å². The third kappa shape index (κ3) is 3.23. The van der Waals surface area contributed by atoms with Gasteiger partial charge in [0, 0.05) is 19.3 Å². The third-order valence-corrected chi connectivity index (χ3v) is 5.05. The van der Waals surface area contributed by atoms with E-state index in [0.29, 0.717) is 19.0 Å². The molecule has 1 aromatic rings. The predicted molar refractivity (Wildman–Crippen MR) is 73.8 cm³/mol. The summed E-state index contributed by atoms with van der Waals surface area (Å²) in [5.41, 5.74) is 2.35. The molecular weight excluding hydrogens is 264 g/mol. The second-order valence-corrected chi connectivity index (χ2v) is 6.71. The minimum atomic E-state index is -3.53. The molecule has 1 heterocycles. The van der Waals surface area contributed by atoms with E-state index < -0.39 is 10.0 Å². The van der Waals surface area contributed by atoms with Gasteiger partial charge in [0.15, 0.2) is 5.82 Å². The van der Waals surface area contributed by atoms with Crippen LogP contribution in [0.25, 0.3) is 0 Å². The monoisotopic (exact) mass is 284 g/mol. The first-order valence-electron chi connectivity index (χ1n) is 6.51. The molecule has 0 atom stereocenters. The topological polar surface area (TPSA) is 88.3 Å². The lowest BCUT2D eigenvalue weighted by molar-refractivity contribution is 0.395. The minimum Gasteiger partial charge on any atom is -0.307 e. The molecule has 1 aliphatic rings. The van der Waals surface area contributed by atoms with E-state index in [4.69, 9.17) is 5.84 Å². The average molecular weight is 284 g/mol. The number of hydrazine groups is 1. The zero-order chi connectivity index (χ0) is 13.9. The molecule has 0 aromatic carbocycles. The summed E-state index contributed by atoms with van der Waals surface area (Å²) in [4.78, 5) is 4.10. The van der Waals surface area contributed by atoms with Crippen LogP contribution in [0.2, 0.25) is 0 Å². The summed E-state index contributed by atoms with van der Waals surface area (Å²) in [6.45, 7) is 3.09. The van der Waals surface area contributed by atoms with Gasteiger partial charge in [-0.25, -0.2) is 19.2 Å². The highest BCUT2D eigenvalue weighted by atomic mass is 32.2.